The van der Waals surface area contributed by atoms with E-state index < -0.39 is 0 Å². The van der Waals surface area contributed by atoms with Gasteiger partial charge in [0.1, 0.15) is 6.33 Å². The van der Waals surface area contributed by atoms with E-state index in [0.717, 1.165) is 44.1 Å². The largest absolute Gasteiger partial charge is 0.339 e. The van der Waals surface area contributed by atoms with E-state index in [2.05, 4.69) is 20.8 Å². The lowest BCUT2D eigenvalue weighted by Crippen LogP contribution is -2.45. The number of likely N-dealkylation sites (tertiary alicyclic amines) is 1. The Hall–Kier alpha value is -1.99. The second-order valence-corrected chi connectivity index (χ2v) is 6.72. The van der Waals surface area contributed by atoms with Crippen molar-refractivity contribution in [2.24, 2.45) is 5.92 Å². The van der Waals surface area contributed by atoms with Gasteiger partial charge in [0.15, 0.2) is 0 Å². The molecule has 0 unspecified atom stereocenters. The number of carbonyl (C=O) groups excluding carboxylic acids is 1. The minimum atomic E-state index is 0. The summed E-state index contributed by atoms with van der Waals surface area (Å²) in [5, 5.41) is 14.8. The Morgan fingerprint density at radius 3 is 2.68 bits per heavy atom. The van der Waals surface area contributed by atoms with Gasteiger partial charge in [-0.3, -0.25) is 4.79 Å². The molecule has 25 heavy (non-hydrogen) atoms. The highest BCUT2D eigenvalue weighted by Gasteiger charge is 2.26. The van der Waals surface area contributed by atoms with Crippen molar-refractivity contribution in [1.82, 2.24) is 30.4 Å². The molecule has 7 nitrogen and oxygen atoms in total. The zero-order chi connectivity index (χ0) is 16.4. The van der Waals surface area contributed by atoms with Gasteiger partial charge >= 0.3 is 0 Å². The van der Waals surface area contributed by atoms with Gasteiger partial charge in [0, 0.05) is 24.7 Å². The Morgan fingerprint density at radius 2 is 2.00 bits per heavy atom. The number of halogens is 1. The number of hydrogen-bond acceptors (Lipinski definition) is 5. The molecule has 2 fully saturated rings. The van der Waals surface area contributed by atoms with Gasteiger partial charge in [-0.15, -0.1) is 17.5 Å². The Kier molecular flexibility index (Phi) is 5.65. The number of carbonyl (C=O) groups is 1. The van der Waals surface area contributed by atoms with E-state index in [0.29, 0.717) is 11.6 Å². The molecule has 1 N–H and O–H groups in total. The summed E-state index contributed by atoms with van der Waals surface area (Å²) in [6, 6.07) is 8.02. The van der Waals surface area contributed by atoms with E-state index >= 15 is 0 Å². The second-order valence-electron chi connectivity index (χ2n) is 6.72. The number of aromatic nitrogens is 4. The highest BCUT2D eigenvalue weighted by molar-refractivity contribution is 5.94. The summed E-state index contributed by atoms with van der Waals surface area (Å²) < 4.78 is 1.56. The van der Waals surface area contributed by atoms with Crippen LogP contribution in [0.1, 0.15) is 36.0 Å². The quantitative estimate of drug-likeness (QED) is 0.875. The smallest absolute Gasteiger partial charge is 0.253 e. The lowest BCUT2D eigenvalue weighted by atomic mass is 10.0. The van der Waals surface area contributed by atoms with Crippen molar-refractivity contribution in [3.63, 3.8) is 0 Å². The molecule has 2 aliphatic rings. The van der Waals surface area contributed by atoms with Gasteiger partial charge in [-0.05, 0) is 66.8 Å². The fraction of sp³-hybridized carbons (Fsp3) is 0.529. The molecule has 1 amide bonds. The monoisotopic (exact) mass is 362 g/mol. The van der Waals surface area contributed by atoms with Crippen molar-refractivity contribution in [2.75, 3.05) is 19.6 Å². The number of nitrogens with one attached hydrogen (secondary N) is 1. The number of hydrogen-bond donors (Lipinski definition) is 1. The molecule has 1 aliphatic heterocycles. The number of rotatable bonds is 5. The van der Waals surface area contributed by atoms with Gasteiger partial charge in [-0.25, -0.2) is 4.68 Å². The van der Waals surface area contributed by atoms with E-state index in [9.17, 15) is 4.79 Å². The van der Waals surface area contributed by atoms with Crippen LogP contribution in [-0.4, -0.2) is 56.7 Å². The van der Waals surface area contributed by atoms with Crippen LogP contribution in [0.2, 0.25) is 0 Å². The molecule has 0 spiro atoms. The van der Waals surface area contributed by atoms with E-state index in [-0.39, 0.29) is 18.3 Å². The highest BCUT2D eigenvalue weighted by atomic mass is 35.5. The van der Waals surface area contributed by atoms with Crippen LogP contribution in [0.5, 0.6) is 0 Å². The number of benzene rings is 1. The van der Waals surface area contributed by atoms with Crippen molar-refractivity contribution < 1.29 is 4.79 Å². The molecule has 1 aromatic heterocycles. The molecule has 1 aromatic carbocycles. The summed E-state index contributed by atoms with van der Waals surface area (Å²) in [5.41, 5.74) is 1.49. The summed E-state index contributed by atoms with van der Waals surface area (Å²) in [5.74, 6) is 0.990. The SMILES string of the molecule is Cl.O=C(c1cccc(-n2cnnn2)c1)N1CCC(NCC2CC2)CC1. The van der Waals surface area contributed by atoms with Crippen molar-refractivity contribution in [3.8, 4) is 5.69 Å². The fourth-order valence-electron chi connectivity index (χ4n) is 3.19. The number of amides is 1. The number of piperidine rings is 1. The average Bonchev–Trinajstić information content (AvgIpc) is 3.30. The molecule has 0 radical (unpaired) electrons. The molecule has 134 valence electrons. The molecule has 0 bridgehead atoms. The highest BCUT2D eigenvalue weighted by Crippen LogP contribution is 2.28. The maximum absolute atomic E-state index is 12.7. The third-order valence-electron chi connectivity index (χ3n) is 4.88. The fourth-order valence-corrected chi connectivity index (χ4v) is 3.19. The second kappa shape index (κ2) is 7.93. The van der Waals surface area contributed by atoms with Crippen LogP contribution >= 0.6 is 12.4 Å². The first-order valence-corrected chi connectivity index (χ1v) is 8.66. The van der Waals surface area contributed by atoms with E-state index in [1.54, 1.807) is 4.68 Å². The first-order chi connectivity index (χ1) is 11.8. The maximum Gasteiger partial charge on any atom is 0.253 e. The lowest BCUT2D eigenvalue weighted by Gasteiger charge is -2.32. The minimum Gasteiger partial charge on any atom is -0.339 e. The lowest BCUT2D eigenvalue weighted by molar-refractivity contribution is 0.0705. The zero-order valence-electron chi connectivity index (χ0n) is 14.0. The summed E-state index contributed by atoms with van der Waals surface area (Å²) in [6.07, 6.45) is 6.35. The molecule has 2 aromatic rings. The zero-order valence-corrected chi connectivity index (χ0v) is 14.9. The van der Waals surface area contributed by atoms with Crippen LogP contribution in [0.4, 0.5) is 0 Å². The number of tetrazole rings is 1. The van der Waals surface area contributed by atoms with Crippen LogP contribution in [0.25, 0.3) is 5.69 Å². The van der Waals surface area contributed by atoms with Crippen LogP contribution in [0.15, 0.2) is 30.6 Å². The Labute approximate surface area is 153 Å². The minimum absolute atomic E-state index is 0. The maximum atomic E-state index is 12.7. The van der Waals surface area contributed by atoms with Gasteiger partial charge in [0.25, 0.3) is 5.91 Å². The van der Waals surface area contributed by atoms with Crippen LogP contribution in [0, 0.1) is 5.92 Å². The summed E-state index contributed by atoms with van der Waals surface area (Å²) >= 11 is 0. The van der Waals surface area contributed by atoms with Gasteiger partial charge in [-0.1, -0.05) is 6.07 Å². The van der Waals surface area contributed by atoms with Crippen LogP contribution < -0.4 is 5.32 Å². The Balaban J connectivity index is 0.00000182. The molecular formula is C17H23ClN6O. The average molecular weight is 363 g/mol. The van der Waals surface area contributed by atoms with Crippen LogP contribution in [0.3, 0.4) is 0 Å². The van der Waals surface area contributed by atoms with Crippen molar-refractivity contribution in [2.45, 2.75) is 31.7 Å². The topological polar surface area (TPSA) is 75.9 Å². The van der Waals surface area contributed by atoms with Crippen molar-refractivity contribution in [3.05, 3.63) is 36.2 Å². The molecule has 1 aliphatic carbocycles. The molecule has 8 heteroatoms. The summed E-state index contributed by atoms with van der Waals surface area (Å²) in [4.78, 5) is 14.7. The molecular weight excluding hydrogens is 340 g/mol. The predicted octanol–water partition coefficient (Wildman–Crippen LogP) is 1.69. The van der Waals surface area contributed by atoms with Gasteiger partial charge < -0.3 is 10.2 Å². The van der Waals surface area contributed by atoms with Gasteiger partial charge in [0.2, 0.25) is 0 Å². The van der Waals surface area contributed by atoms with E-state index in [1.807, 2.05) is 29.2 Å². The summed E-state index contributed by atoms with van der Waals surface area (Å²) in [6.45, 7) is 2.78. The van der Waals surface area contributed by atoms with Crippen LogP contribution in [-0.2, 0) is 0 Å². The molecule has 1 saturated heterocycles. The van der Waals surface area contributed by atoms with E-state index in [1.165, 1.54) is 19.2 Å². The third-order valence-corrected chi connectivity index (χ3v) is 4.88. The van der Waals surface area contributed by atoms with E-state index in [4.69, 9.17) is 0 Å². The normalized spacial score (nSPS) is 18.0. The molecule has 4 rings (SSSR count). The Morgan fingerprint density at radius 1 is 1.20 bits per heavy atom. The Bertz CT molecular complexity index is 695. The van der Waals surface area contributed by atoms with Gasteiger partial charge in [-0.2, -0.15) is 0 Å². The standard InChI is InChI=1S/C17H22N6O.ClH/c24-17(14-2-1-3-16(10-14)23-12-19-20-21-23)22-8-6-15(7-9-22)18-11-13-4-5-13;/h1-3,10,12-13,15,18H,4-9,11H2;1H. The third kappa shape index (κ3) is 4.35. The molecule has 2 heterocycles. The summed E-state index contributed by atoms with van der Waals surface area (Å²) in [7, 11) is 0. The van der Waals surface area contributed by atoms with Crippen molar-refractivity contribution >= 4 is 18.3 Å². The molecule has 1 saturated carbocycles. The molecule has 0 atom stereocenters. The van der Waals surface area contributed by atoms with Gasteiger partial charge in [0.05, 0.1) is 5.69 Å². The predicted molar refractivity (Wildman–Crippen MR) is 96.1 cm³/mol. The van der Waals surface area contributed by atoms with Crippen molar-refractivity contribution in [1.29, 1.82) is 0 Å². The number of nitrogens with zero attached hydrogens (tertiary/aromatic N) is 5. The first kappa shape index (κ1) is 17.8. The first-order valence-electron chi connectivity index (χ1n) is 8.66.